The highest BCUT2D eigenvalue weighted by atomic mass is 31.2. The van der Waals surface area contributed by atoms with E-state index in [2.05, 4.69) is 141 Å². The van der Waals surface area contributed by atoms with Crippen LogP contribution < -0.4 is 0 Å². The van der Waals surface area contributed by atoms with Crippen LogP contribution >= 0.6 is 8.45 Å². The second-order valence-corrected chi connectivity index (χ2v) is 12.3. The van der Waals surface area contributed by atoms with E-state index in [9.17, 15) is 0 Å². The normalized spacial score (nSPS) is 16.4. The van der Waals surface area contributed by atoms with Crippen LogP contribution in [0.4, 0.5) is 0 Å². The van der Waals surface area contributed by atoms with Gasteiger partial charge in [0.2, 0.25) is 8.45 Å². The summed E-state index contributed by atoms with van der Waals surface area (Å²) in [6.45, 7) is 12.0. The zero-order valence-corrected chi connectivity index (χ0v) is 22.2. The topological polar surface area (TPSA) is 15.7 Å². The summed E-state index contributed by atoms with van der Waals surface area (Å²) in [6.07, 6.45) is 4.48. The van der Waals surface area contributed by atoms with Gasteiger partial charge in [-0.1, -0.05) is 106 Å². The lowest BCUT2D eigenvalue weighted by Gasteiger charge is -2.39. The van der Waals surface area contributed by atoms with E-state index in [1.165, 1.54) is 32.7 Å². The smallest absolute Gasteiger partial charge is 0.248 e. The lowest BCUT2D eigenvalue weighted by atomic mass is 9.99. The van der Waals surface area contributed by atoms with Gasteiger partial charge in [0.05, 0.1) is 18.7 Å². The quantitative estimate of drug-likeness (QED) is 0.255. The molecular formula is C31H35N2OP. The molecule has 4 heteroatoms. The number of rotatable bonds is 6. The Morgan fingerprint density at radius 3 is 1.54 bits per heavy atom. The van der Waals surface area contributed by atoms with E-state index in [1.54, 1.807) is 0 Å². The first-order valence-electron chi connectivity index (χ1n) is 12.5. The first-order chi connectivity index (χ1) is 16.8. The van der Waals surface area contributed by atoms with Crippen molar-refractivity contribution in [2.75, 3.05) is 6.61 Å². The van der Waals surface area contributed by atoms with Crippen molar-refractivity contribution in [1.29, 1.82) is 0 Å². The minimum absolute atomic E-state index is 0.0909. The zero-order valence-electron chi connectivity index (χ0n) is 21.3. The molecule has 35 heavy (non-hydrogen) atoms. The summed E-state index contributed by atoms with van der Waals surface area (Å²) >= 11 is 0. The van der Waals surface area contributed by atoms with Crippen molar-refractivity contribution in [1.82, 2.24) is 9.34 Å². The average molecular weight is 483 g/mol. The molecule has 0 radical (unpaired) electrons. The first-order valence-corrected chi connectivity index (χ1v) is 13.6. The Hall–Kier alpha value is -2.87. The van der Waals surface area contributed by atoms with E-state index in [-0.39, 0.29) is 17.5 Å². The zero-order chi connectivity index (χ0) is 24.6. The van der Waals surface area contributed by atoms with E-state index >= 15 is 0 Å². The molecule has 1 aliphatic heterocycles. The van der Waals surface area contributed by atoms with Crippen LogP contribution in [0.25, 0.3) is 21.5 Å². The third-order valence-corrected chi connectivity index (χ3v) is 8.83. The molecule has 1 heterocycles. The maximum absolute atomic E-state index is 6.76. The van der Waals surface area contributed by atoms with Crippen molar-refractivity contribution in [3.8, 4) is 0 Å². The summed E-state index contributed by atoms with van der Waals surface area (Å²) in [7, 11) is -1.02. The minimum atomic E-state index is -1.02. The highest BCUT2D eigenvalue weighted by Crippen LogP contribution is 2.58. The van der Waals surface area contributed by atoms with Gasteiger partial charge in [0.1, 0.15) is 0 Å². The Morgan fingerprint density at radius 1 is 0.657 bits per heavy atom. The molecule has 1 aliphatic rings. The number of hydrogen-bond donors (Lipinski definition) is 0. The molecule has 5 rings (SSSR count). The lowest BCUT2D eigenvalue weighted by Crippen LogP contribution is -2.25. The molecule has 3 nitrogen and oxygen atoms in total. The van der Waals surface area contributed by atoms with Crippen LogP contribution in [0.5, 0.6) is 0 Å². The van der Waals surface area contributed by atoms with Gasteiger partial charge in [-0.05, 0) is 51.9 Å². The average Bonchev–Trinajstić information content (AvgIpc) is 3.29. The summed E-state index contributed by atoms with van der Waals surface area (Å²) in [4.78, 5) is 0. The summed E-state index contributed by atoms with van der Waals surface area (Å²) in [6, 6.07) is 31.0. The van der Waals surface area contributed by atoms with Crippen molar-refractivity contribution in [2.45, 2.75) is 46.7 Å². The van der Waals surface area contributed by atoms with Crippen LogP contribution in [0.1, 0.15) is 57.8 Å². The van der Waals surface area contributed by atoms with E-state index < -0.39 is 8.45 Å². The molecule has 0 saturated carbocycles. The molecule has 0 aromatic heterocycles. The van der Waals surface area contributed by atoms with Crippen LogP contribution in [-0.4, -0.2) is 15.9 Å². The van der Waals surface area contributed by atoms with Crippen molar-refractivity contribution >= 4 is 30.0 Å². The van der Waals surface area contributed by atoms with Crippen LogP contribution in [-0.2, 0) is 4.52 Å². The standard InChI is InChI=1S/C31H35N2OP/c1-23(27-18-10-14-25-12-6-8-16-29(25)27)32-20-21-33(35(32)34-22-31(3,4)5)24(2)28-19-11-15-26-13-7-9-17-30(26)28/h6-21,23-24H,22H2,1-5H3/t23-,24-/m1/s1. The predicted octanol–water partition coefficient (Wildman–Crippen LogP) is 9.19. The maximum Gasteiger partial charge on any atom is 0.248 e. The van der Waals surface area contributed by atoms with E-state index in [0.717, 1.165) is 0 Å². The molecule has 4 aromatic rings. The minimum Gasteiger partial charge on any atom is -0.322 e. The second kappa shape index (κ2) is 9.64. The van der Waals surface area contributed by atoms with Crippen LogP contribution in [0, 0.1) is 5.41 Å². The SMILES string of the molecule is C[C@H](c1cccc2ccccc12)N1C=CN([C@H](C)c2cccc3ccccc23)P1OCC(C)(C)C. The van der Waals surface area contributed by atoms with Crippen molar-refractivity contribution in [2.24, 2.45) is 5.41 Å². The van der Waals surface area contributed by atoms with Gasteiger partial charge in [-0.15, -0.1) is 0 Å². The molecule has 0 aliphatic carbocycles. The number of fused-ring (bicyclic) bond motifs is 2. The Bertz CT molecular complexity index is 1250. The fourth-order valence-electron chi connectivity index (χ4n) is 4.82. The molecule has 0 spiro atoms. The molecule has 0 amide bonds. The second-order valence-electron chi connectivity index (χ2n) is 10.6. The number of nitrogens with zero attached hydrogens (tertiary/aromatic N) is 2. The molecule has 0 saturated heterocycles. The Kier molecular flexibility index (Phi) is 6.57. The molecule has 0 bridgehead atoms. The summed E-state index contributed by atoms with van der Waals surface area (Å²) in [5.74, 6) is 0. The highest BCUT2D eigenvalue weighted by Gasteiger charge is 2.37. The van der Waals surface area contributed by atoms with E-state index in [1.807, 2.05) is 0 Å². The largest absolute Gasteiger partial charge is 0.322 e. The van der Waals surface area contributed by atoms with Gasteiger partial charge in [0.15, 0.2) is 0 Å². The van der Waals surface area contributed by atoms with Gasteiger partial charge in [-0.3, -0.25) is 0 Å². The fraction of sp³-hybridized carbons (Fsp3) is 0.290. The Morgan fingerprint density at radius 2 is 1.09 bits per heavy atom. The lowest BCUT2D eigenvalue weighted by molar-refractivity contribution is 0.187. The third kappa shape index (κ3) is 4.81. The van der Waals surface area contributed by atoms with Gasteiger partial charge < -0.3 is 13.9 Å². The summed E-state index contributed by atoms with van der Waals surface area (Å²) < 4.78 is 11.6. The summed E-state index contributed by atoms with van der Waals surface area (Å²) in [5.41, 5.74) is 2.76. The molecule has 2 atom stereocenters. The fourth-order valence-corrected chi connectivity index (χ4v) is 7.02. The molecule has 180 valence electrons. The maximum atomic E-state index is 6.76. The van der Waals surface area contributed by atoms with Gasteiger partial charge in [0, 0.05) is 12.4 Å². The van der Waals surface area contributed by atoms with Gasteiger partial charge in [-0.2, -0.15) is 0 Å². The van der Waals surface area contributed by atoms with E-state index in [4.69, 9.17) is 4.52 Å². The van der Waals surface area contributed by atoms with Crippen LogP contribution in [0.2, 0.25) is 0 Å². The summed E-state index contributed by atoms with van der Waals surface area (Å²) in [5, 5.41) is 5.17. The van der Waals surface area contributed by atoms with Crippen molar-refractivity contribution < 1.29 is 4.52 Å². The van der Waals surface area contributed by atoms with Crippen LogP contribution in [0.15, 0.2) is 97.3 Å². The molecule has 4 aromatic carbocycles. The number of benzene rings is 4. The third-order valence-electron chi connectivity index (χ3n) is 6.72. The van der Waals surface area contributed by atoms with Gasteiger partial charge >= 0.3 is 0 Å². The Labute approximate surface area is 211 Å². The van der Waals surface area contributed by atoms with Crippen molar-refractivity contribution in [3.63, 3.8) is 0 Å². The molecule has 0 unspecified atom stereocenters. The Balaban J connectivity index is 1.51. The first kappa shape index (κ1) is 23.9. The monoisotopic (exact) mass is 482 g/mol. The van der Waals surface area contributed by atoms with Crippen molar-refractivity contribution in [3.05, 3.63) is 108 Å². The predicted molar refractivity (Wildman–Crippen MR) is 150 cm³/mol. The number of hydrogen-bond acceptors (Lipinski definition) is 3. The van der Waals surface area contributed by atoms with E-state index in [0.29, 0.717) is 6.61 Å². The van der Waals surface area contributed by atoms with Gasteiger partial charge in [-0.25, -0.2) is 0 Å². The van der Waals surface area contributed by atoms with Gasteiger partial charge in [0.25, 0.3) is 0 Å². The molecular weight excluding hydrogens is 447 g/mol. The van der Waals surface area contributed by atoms with Crippen LogP contribution in [0.3, 0.4) is 0 Å². The molecule has 0 fully saturated rings. The molecule has 0 N–H and O–H groups in total. The highest BCUT2D eigenvalue weighted by molar-refractivity contribution is 7.48.